The molecule has 4 heterocycles. The molecule has 1 N–H and O–H groups in total. The Hall–Kier alpha value is -7.82. The monoisotopic (exact) mass is 765 g/mol. The molecule has 280 valence electrons. The second kappa shape index (κ2) is 12.6. The van der Waals surface area contributed by atoms with E-state index in [0.29, 0.717) is 0 Å². The Morgan fingerprint density at radius 2 is 1.02 bits per heavy atom. The summed E-state index contributed by atoms with van der Waals surface area (Å²) in [4.78, 5) is 10.7. The van der Waals surface area contributed by atoms with E-state index in [0.717, 1.165) is 72.6 Å². The van der Waals surface area contributed by atoms with E-state index in [-0.39, 0.29) is 6.04 Å². The number of aromatic nitrogens is 2. The summed E-state index contributed by atoms with van der Waals surface area (Å²) in [5.74, 6) is 1.76. The Labute approximate surface area is 347 Å². The number of fused-ring (bicyclic) bond motifs is 16. The second-order valence-electron chi connectivity index (χ2n) is 16.1. The van der Waals surface area contributed by atoms with Crippen LogP contribution in [-0.4, -0.2) is 9.97 Å². The smallest absolute Gasteiger partial charge is 0.132 e. The third kappa shape index (κ3) is 4.61. The highest BCUT2D eigenvalue weighted by Gasteiger charge is 2.52. The van der Waals surface area contributed by atoms with E-state index in [1.54, 1.807) is 0 Å². The molecule has 8 aromatic carbocycles. The minimum absolute atomic E-state index is 0.0254. The number of para-hydroxylation sites is 3. The molecule has 10 aromatic rings. The molecular weight excluding hydrogens is 731 g/mol. The molecule has 2 aromatic heterocycles. The van der Waals surface area contributed by atoms with Crippen LogP contribution in [0.15, 0.2) is 200 Å². The van der Waals surface area contributed by atoms with Crippen LogP contribution in [0.1, 0.15) is 39.4 Å². The van der Waals surface area contributed by atoms with Crippen LogP contribution in [0.3, 0.4) is 0 Å². The van der Waals surface area contributed by atoms with Gasteiger partial charge in [-0.25, -0.2) is 9.97 Å². The lowest BCUT2D eigenvalue weighted by Gasteiger charge is -2.40. The van der Waals surface area contributed by atoms with Crippen molar-refractivity contribution < 1.29 is 4.74 Å². The van der Waals surface area contributed by atoms with Gasteiger partial charge in [-0.1, -0.05) is 164 Å². The first-order valence-electron chi connectivity index (χ1n) is 20.6. The Kier molecular flexibility index (Phi) is 6.96. The number of nitrogens with zero attached hydrogens (tertiary/aromatic N) is 2. The van der Waals surface area contributed by atoms with Gasteiger partial charge in [-0.05, 0) is 75.3 Å². The number of rotatable bonds is 3. The van der Waals surface area contributed by atoms with Crippen LogP contribution in [0.2, 0.25) is 0 Å². The van der Waals surface area contributed by atoms with Crippen molar-refractivity contribution in [1.29, 1.82) is 0 Å². The summed E-state index contributed by atoms with van der Waals surface area (Å²) in [5, 5.41) is 6.07. The Balaban J connectivity index is 1.10. The fourth-order valence-corrected chi connectivity index (χ4v) is 10.4. The molecule has 0 fully saturated rings. The molecule has 0 saturated carbocycles. The topological polar surface area (TPSA) is 47.0 Å². The maximum Gasteiger partial charge on any atom is 0.132 e. The Morgan fingerprint density at radius 1 is 0.433 bits per heavy atom. The summed E-state index contributed by atoms with van der Waals surface area (Å²) >= 11 is 0. The third-order valence-corrected chi connectivity index (χ3v) is 13.0. The standard InChI is InChI=1S/C56H35N3O/c1-3-13-34(14-4-1)46-31-26-36-23-24-37-27-32-47(58-55(37)54(36)57-46)38-25-29-42-41(33-38)52-45(56(42)43-18-8-11-21-49(43)60-50-22-12-9-19-44(50)56)30-28-40-51(52)39-17-7-10-20-48(39)59-53(40)35-15-5-2-6-16-35/h1-33,53,59H. The zero-order valence-corrected chi connectivity index (χ0v) is 32.4. The zero-order chi connectivity index (χ0) is 39.4. The largest absolute Gasteiger partial charge is 0.457 e. The fourth-order valence-electron chi connectivity index (χ4n) is 10.4. The van der Waals surface area contributed by atoms with E-state index >= 15 is 0 Å². The average molecular weight is 766 g/mol. The van der Waals surface area contributed by atoms with Gasteiger partial charge in [-0.15, -0.1) is 0 Å². The fraction of sp³-hybridized carbons (Fsp3) is 0.0357. The lowest BCUT2D eigenvalue weighted by atomic mass is 9.65. The van der Waals surface area contributed by atoms with Crippen LogP contribution in [-0.2, 0) is 5.41 Å². The molecule has 3 aliphatic rings. The number of benzene rings is 8. The number of hydrogen-bond acceptors (Lipinski definition) is 4. The van der Waals surface area contributed by atoms with Gasteiger partial charge in [-0.3, -0.25) is 0 Å². The molecule has 13 rings (SSSR count). The molecule has 1 atom stereocenters. The third-order valence-electron chi connectivity index (χ3n) is 13.0. The van der Waals surface area contributed by atoms with Crippen LogP contribution in [0, 0.1) is 0 Å². The SMILES string of the molecule is c1ccc(-c2ccc3ccc4ccc(-c5ccc6c(c5)-c5c(ccc7c5-c5ccccc5NC7c5ccccc5)C65c6ccccc6Oc6ccccc65)nc4c3n2)cc1. The highest BCUT2D eigenvalue weighted by atomic mass is 16.5. The van der Waals surface area contributed by atoms with Gasteiger partial charge in [0, 0.05) is 44.3 Å². The first-order chi connectivity index (χ1) is 29.7. The van der Waals surface area contributed by atoms with Crippen molar-refractivity contribution in [2.24, 2.45) is 0 Å². The maximum absolute atomic E-state index is 6.72. The lowest BCUT2D eigenvalue weighted by Crippen LogP contribution is -2.32. The van der Waals surface area contributed by atoms with Gasteiger partial charge in [0.15, 0.2) is 0 Å². The minimum Gasteiger partial charge on any atom is -0.457 e. The van der Waals surface area contributed by atoms with Crippen LogP contribution >= 0.6 is 0 Å². The molecule has 60 heavy (non-hydrogen) atoms. The van der Waals surface area contributed by atoms with Gasteiger partial charge >= 0.3 is 0 Å². The zero-order valence-electron chi connectivity index (χ0n) is 32.4. The van der Waals surface area contributed by atoms with Crippen molar-refractivity contribution >= 4 is 27.5 Å². The molecule has 4 heteroatoms. The summed E-state index contributed by atoms with van der Waals surface area (Å²) in [6.45, 7) is 0. The summed E-state index contributed by atoms with van der Waals surface area (Å²) in [6, 6.07) is 71.8. The Morgan fingerprint density at radius 3 is 1.73 bits per heavy atom. The number of pyridine rings is 2. The van der Waals surface area contributed by atoms with Crippen molar-refractivity contribution in [3.63, 3.8) is 0 Å². The molecule has 0 bridgehead atoms. The van der Waals surface area contributed by atoms with Gasteiger partial charge in [0.2, 0.25) is 0 Å². The van der Waals surface area contributed by atoms with Gasteiger partial charge < -0.3 is 10.1 Å². The first kappa shape index (κ1) is 33.2. The summed E-state index contributed by atoms with van der Waals surface area (Å²) < 4.78 is 6.72. The minimum atomic E-state index is -0.615. The van der Waals surface area contributed by atoms with Crippen molar-refractivity contribution in [2.75, 3.05) is 5.32 Å². The molecule has 4 nitrogen and oxygen atoms in total. The number of hydrogen-bond donors (Lipinski definition) is 1. The number of anilines is 1. The van der Waals surface area contributed by atoms with Gasteiger partial charge in [-0.2, -0.15) is 0 Å². The van der Waals surface area contributed by atoms with Crippen molar-refractivity contribution in [2.45, 2.75) is 11.5 Å². The molecule has 1 aliphatic carbocycles. The molecule has 0 radical (unpaired) electrons. The van der Waals surface area contributed by atoms with E-state index < -0.39 is 5.41 Å². The highest BCUT2D eigenvalue weighted by molar-refractivity contribution is 6.05. The van der Waals surface area contributed by atoms with Crippen LogP contribution in [0.4, 0.5) is 5.69 Å². The lowest BCUT2D eigenvalue weighted by molar-refractivity contribution is 0.436. The highest BCUT2D eigenvalue weighted by Crippen LogP contribution is 2.65. The van der Waals surface area contributed by atoms with Crippen molar-refractivity contribution in [3.8, 4) is 56.3 Å². The van der Waals surface area contributed by atoms with E-state index in [4.69, 9.17) is 14.7 Å². The summed E-state index contributed by atoms with van der Waals surface area (Å²) in [6.07, 6.45) is 0. The normalized spacial score (nSPS) is 14.9. The quantitative estimate of drug-likeness (QED) is 0.182. The van der Waals surface area contributed by atoms with Crippen LogP contribution in [0.25, 0.3) is 66.6 Å². The Bertz CT molecular complexity index is 3350. The van der Waals surface area contributed by atoms with Crippen molar-refractivity contribution in [3.05, 3.63) is 234 Å². The molecule has 2 aliphatic heterocycles. The first-order valence-corrected chi connectivity index (χ1v) is 20.6. The van der Waals surface area contributed by atoms with Gasteiger partial charge in [0.1, 0.15) is 11.5 Å². The van der Waals surface area contributed by atoms with Gasteiger partial charge in [0.05, 0.1) is 33.9 Å². The predicted octanol–water partition coefficient (Wildman–Crippen LogP) is 13.8. The molecular formula is C56H35N3O. The van der Waals surface area contributed by atoms with Crippen LogP contribution < -0.4 is 10.1 Å². The number of nitrogens with one attached hydrogen (secondary N) is 1. The van der Waals surface area contributed by atoms with Crippen molar-refractivity contribution in [1.82, 2.24) is 9.97 Å². The average Bonchev–Trinajstić information content (AvgIpc) is 3.61. The molecule has 0 amide bonds. The van der Waals surface area contributed by atoms with E-state index in [2.05, 4.69) is 199 Å². The molecule has 0 saturated heterocycles. The molecule has 1 unspecified atom stereocenters. The van der Waals surface area contributed by atoms with E-state index in [1.165, 1.54) is 44.5 Å². The van der Waals surface area contributed by atoms with E-state index in [1.807, 2.05) is 6.07 Å². The van der Waals surface area contributed by atoms with E-state index in [9.17, 15) is 0 Å². The van der Waals surface area contributed by atoms with Gasteiger partial charge in [0.25, 0.3) is 0 Å². The number of ether oxygens (including phenoxy) is 1. The molecule has 1 spiro atoms. The van der Waals surface area contributed by atoms with Crippen LogP contribution in [0.5, 0.6) is 11.5 Å². The summed E-state index contributed by atoms with van der Waals surface area (Å²) in [7, 11) is 0. The predicted molar refractivity (Wildman–Crippen MR) is 243 cm³/mol. The second-order valence-corrected chi connectivity index (χ2v) is 16.1. The maximum atomic E-state index is 6.72. The summed E-state index contributed by atoms with van der Waals surface area (Å²) in [5.41, 5.74) is 18.5.